The zero-order valence-corrected chi connectivity index (χ0v) is 16.7. The fraction of sp³-hybridized carbons (Fsp3) is 0.450. The largest absolute Gasteiger partial charge is 0.364 e. The normalized spacial score (nSPS) is 20.4. The summed E-state index contributed by atoms with van der Waals surface area (Å²) >= 11 is 1.65. The molecular weight excluding hydrogens is 368 g/mol. The summed E-state index contributed by atoms with van der Waals surface area (Å²) in [5, 5.41) is 5.22. The highest BCUT2D eigenvalue weighted by Crippen LogP contribution is 2.28. The van der Waals surface area contributed by atoms with Crippen molar-refractivity contribution in [1.82, 2.24) is 5.32 Å². The topological polar surface area (TPSA) is 64.4 Å². The molecule has 6 heteroatoms. The predicted molar refractivity (Wildman–Crippen MR) is 109 cm³/mol. The Hall–Kier alpha value is -1.40. The Labute approximate surface area is 165 Å². The van der Waals surface area contributed by atoms with Crippen LogP contribution in [0.3, 0.4) is 0 Å². The molecule has 1 fully saturated rings. The second-order valence-corrected chi connectivity index (χ2v) is 7.49. The van der Waals surface area contributed by atoms with Crippen molar-refractivity contribution in [3.63, 3.8) is 0 Å². The molecule has 1 aromatic heterocycles. The third kappa shape index (κ3) is 5.07. The number of ether oxygens (including phenoxy) is 1. The van der Waals surface area contributed by atoms with E-state index in [0.29, 0.717) is 6.54 Å². The maximum absolute atomic E-state index is 12.7. The third-order valence-electron chi connectivity index (χ3n) is 4.63. The van der Waals surface area contributed by atoms with E-state index in [-0.39, 0.29) is 30.5 Å². The number of rotatable bonds is 7. The molecule has 0 spiro atoms. The first-order chi connectivity index (χ1) is 12.2. The molecule has 0 bridgehead atoms. The van der Waals surface area contributed by atoms with Crippen LogP contribution in [0.4, 0.5) is 0 Å². The average molecular weight is 395 g/mol. The number of halogens is 1. The molecule has 3 atom stereocenters. The van der Waals surface area contributed by atoms with E-state index in [1.807, 2.05) is 11.4 Å². The molecule has 1 saturated heterocycles. The SMILES string of the molecule is CCCc1ccc(C(NC(=O)[C@@H]2CC[C@H](CN)O2)c2cccs2)cc1.Cl. The molecule has 1 amide bonds. The van der Waals surface area contributed by atoms with Gasteiger partial charge in [-0.1, -0.05) is 43.7 Å². The zero-order valence-electron chi connectivity index (χ0n) is 15.0. The number of hydrogen-bond acceptors (Lipinski definition) is 4. The number of amides is 1. The van der Waals surface area contributed by atoms with E-state index in [0.717, 1.165) is 36.1 Å². The van der Waals surface area contributed by atoms with Gasteiger partial charge in [-0.2, -0.15) is 0 Å². The van der Waals surface area contributed by atoms with Crippen molar-refractivity contribution in [2.75, 3.05) is 6.54 Å². The van der Waals surface area contributed by atoms with Crippen LogP contribution >= 0.6 is 23.7 Å². The average Bonchev–Trinajstić information content (AvgIpc) is 3.32. The lowest BCUT2D eigenvalue weighted by Crippen LogP contribution is -2.38. The van der Waals surface area contributed by atoms with Crippen LogP contribution in [-0.2, 0) is 16.0 Å². The van der Waals surface area contributed by atoms with Crippen molar-refractivity contribution in [2.45, 2.75) is 50.9 Å². The van der Waals surface area contributed by atoms with E-state index in [1.54, 1.807) is 11.3 Å². The van der Waals surface area contributed by atoms with Gasteiger partial charge in [0, 0.05) is 11.4 Å². The van der Waals surface area contributed by atoms with Crippen molar-refractivity contribution in [1.29, 1.82) is 0 Å². The molecule has 1 aliphatic heterocycles. The van der Waals surface area contributed by atoms with Gasteiger partial charge in [-0.25, -0.2) is 0 Å². The maximum atomic E-state index is 12.7. The van der Waals surface area contributed by atoms with Crippen LogP contribution in [0.15, 0.2) is 41.8 Å². The first kappa shape index (κ1) is 20.9. The Morgan fingerprint density at radius 3 is 2.65 bits per heavy atom. The highest BCUT2D eigenvalue weighted by molar-refractivity contribution is 7.10. The summed E-state index contributed by atoms with van der Waals surface area (Å²) in [5.41, 5.74) is 8.08. The summed E-state index contributed by atoms with van der Waals surface area (Å²) in [6.07, 6.45) is 3.41. The standard InChI is InChI=1S/C20H26N2O2S.ClH/c1-2-4-14-6-8-15(9-7-14)19(18-5-3-12-25-18)22-20(23)17-11-10-16(13-21)24-17;/h3,5-9,12,16-17,19H,2,4,10-11,13,21H2,1H3,(H,22,23);1H/t16-,17+,19?;/m1./s1. The summed E-state index contributed by atoms with van der Waals surface area (Å²) in [6, 6.07) is 12.5. The highest BCUT2D eigenvalue weighted by atomic mass is 35.5. The van der Waals surface area contributed by atoms with Gasteiger partial charge in [0.1, 0.15) is 6.10 Å². The Kier molecular flexibility index (Phi) is 8.10. The molecule has 2 aromatic rings. The fourth-order valence-electron chi connectivity index (χ4n) is 3.25. The minimum atomic E-state index is -0.393. The lowest BCUT2D eigenvalue weighted by molar-refractivity contribution is -0.132. The van der Waals surface area contributed by atoms with Gasteiger partial charge in [-0.05, 0) is 41.8 Å². The van der Waals surface area contributed by atoms with E-state index in [9.17, 15) is 4.79 Å². The maximum Gasteiger partial charge on any atom is 0.249 e. The van der Waals surface area contributed by atoms with Crippen LogP contribution in [0.1, 0.15) is 48.2 Å². The fourth-order valence-corrected chi connectivity index (χ4v) is 4.05. The minimum Gasteiger partial charge on any atom is -0.364 e. The van der Waals surface area contributed by atoms with E-state index >= 15 is 0 Å². The van der Waals surface area contributed by atoms with Gasteiger partial charge in [-0.15, -0.1) is 23.7 Å². The van der Waals surface area contributed by atoms with Gasteiger partial charge < -0.3 is 15.8 Å². The molecule has 0 saturated carbocycles. The van der Waals surface area contributed by atoms with Crippen LogP contribution in [0, 0.1) is 0 Å². The number of carbonyl (C=O) groups excluding carboxylic acids is 1. The lowest BCUT2D eigenvalue weighted by Gasteiger charge is -2.21. The summed E-state index contributed by atoms with van der Waals surface area (Å²) in [4.78, 5) is 13.8. The van der Waals surface area contributed by atoms with Crippen molar-refractivity contribution in [3.8, 4) is 0 Å². The molecule has 142 valence electrons. The van der Waals surface area contributed by atoms with Crippen LogP contribution in [0.25, 0.3) is 0 Å². The molecular formula is C20H27ClN2O2S. The van der Waals surface area contributed by atoms with Crippen molar-refractivity contribution in [2.24, 2.45) is 5.73 Å². The van der Waals surface area contributed by atoms with Crippen LogP contribution < -0.4 is 11.1 Å². The summed E-state index contributed by atoms with van der Waals surface area (Å²) < 4.78 is 5.74. The summed E-state index contributed by atoms with van der Waals surface area (Å²) in [5.74, 6) is -0.0491. The molecule has 1 unspecified atom stereocenters. The Morgan fingerprint density at radius 1 is 1.31 bits per heavy atom. The Morgan fingerprint density at radius 2 is 2.08 bits per heavy atom. The summed E-state index contributed by atoms with van der Waals surface area (Å²) in [6.45, 7) is 2.65. The van der Waals surface area contributed by atoms with E-state index < -0.39 is 6.10 Å². The van der Waals surface area contributed by atoms with Gasteiger partial charge >= 0.3 is 0 Å². The molecule has 1 aliphatic rings. The predicted octanol–water partition coefficient (Wildman–Crippen LogP) is 3.83. The molecule has 1 aromatic carbocycles. The van der Waals surface area contributed by atoms with Gasteiger partial charge in [0.15, 0.2) is 0 Å². The zero-order chi connectivity index (χ0) is 17.6. The van der Waals surface area contributed by atoms with Crippen LogP contribution in [0.2, 0.25) is 0 Å². The van der Waals surface area contributed by atoms with Crippen LogP contribution in [0.5, 0.6) is 0 Å². The van der Waals surface area contributed by atoms with Crippen molar-refractivity contribution < 1.29 is 9.53 Å². The molecule has 0 radical (unpaired) electrons. The second kappa shape index (κ2) is 10.1. The van der Waals surface area contributed by atoms with Gasteiger partial charge in [-0.3, -0.25) is 4.79 Å². The second-order valence-electron chi connectivity index (χ2n) is 6.51. The molecule has 4 nitrogen and oxygen atoms in total. The summed E-state index contributed by atoms with van der Waals surface area (Å²) in [7, 11) is 0. The van der Waals surface area contributed by atoms with Crippen molar-refractivity contribution in [3.05, 3.63) is 57.8 Å². The molecule has 2 heterocycles. The highest BCUT2D eigenvalue weighted by Gasteiger charge is 2.31. The lowest BCUT2D eigenvalue weighted by atomic mass is 10.0. The van der Waals surface area contributed by atoms with Crippen LogP contribution in [-0.4, -0.2) is 24.7 Å². The monoisotopic (exact) mass is 394 g/mol. The molecule has 0 aliphatic carbocycles. The number of benzene rings is 1. The number of aryl methyl sites for hydroxylation is 1. The first-order valence-electron chi connectivity index (χ1n) is 8.99. The van der Waals surface area contributed by atoms with E-state index in [2.05, 4.69) is 42.6 Å². The minimum absolute atomic E-state index is 0. The Bertz CT molecular complexity index is 676. The van der Waals surface area contributed by atoms with Crippen molar-refractivity contribution >= 4 is 29.7 Å². The molecule has 3 rings (SSSR count). The number of nitrogens with two attached hydrogens (primary N) is 1. The van der Waals surface area contributed by atoms with Gasteiger partial charge in [0.05, 0.1) is 12.1 Å². The Balaban J connectivity index is 0.00000243. The van der Waals surface area contributed by atoms with Gasteiger partial charge in [0.25, 0.3) is 0 Å². The van der Waals surface area contributed by atoms with Gasteiger partial charge in [0.2, 0.25) is 5.91 Å². The van der Waals surface area contributed by atoms with E-state index in [4.69, 9.17) is 10.5 Å². The molecule has 26 heavy (non-hydrogen) atoms. The quantitative estimate of drug-likeness (QED) is 0.749. The first-order valence-corrected chi connectivity index (χ1v) is 9.87. The van der Waals surface area contributed by atoms with E-state index in [1.165, 1.54) is 5.56 Å². The number of nitrogens with one attached hydrogen (secondary N) is 1. The molecule has 3 N–H and O–H groups in total. The number of thiophene rings is 1. The smallest absolute Gasteiger partial charge is 0.249 e. The number of hydrogen-bond donors (Lipinski definition) is 2. The third-order valence-corrected chi connectivity index (χ3v) is 5.57. The number of carbonyl (C=O) groups is 1.